The number of amides is 1. The first-order chi connectivity index (χ1) is 4.18. The Morgan fingerprint density at radius 2 is 2.11 bits per heavy atom. The van der Waals surface area contributed by atoms with Crippen LogP contribution in [0.15, 0.2) is 12.2 Å². The molecule has 0 aromatic heterocycles. The summed E-state index contributed by atoms with van der Waals surface area (Å²) >= 11 is 0. The zero-order chi connectivity index (χ0) is 7.28. The van der Waals surface area contributed by atoms with E-state index in [0.717, 1.165) is 0 Å². The van der Waals surface area contributed by atoms with Gasteiger partial charge in [-0.15, -0.1) is 0 Å². The fourth-order valence-electron chi connectivity index (χ4n) is 0.401. The quantitative estimate of drug-likeness (QED) is 0.507. The summed E-state index contributed by atoms with van der Waals surface area (Å²) in [6.45, 7) is 1.91. The van der Waals surface area contributed by atoms with Gasteiger partial charge in [0.15, 0.2) is 0 Å². The number of allylic oxidation sites excluding steroid dienone is 1. The van der Waals surface area contributed by atoms with Crippen molar-refractivity contribution >= 4 is 5.91 Å². The summed E-state index contributed by atoms with van der Waals surface area (Å²) in [7, 11) is 3.51. The molecule has 0 N–H and O–H groups in total. The molecule has 0 atom stereocenters. The topological polar surface area (TPSA) is 20.3 Å². The molecule has 0 unspecified atom stereocenters. The van der Waals surface area contributed by atoms with E-state index in [1.807, 2.05) is 19.1 Å². The molecule has 0 fully saturated rings. The number of rotatable bonds is 2. The van der Waals surface area contributed by atoms with Gasteiger partial charge in [0.25, 0.3) is 0 Å². The smallest absolute Gasteiger partial charge is 0.225 e. The van der Waals surface area contributed by atoms with Gasteiger partial charge in [-0.2, -0.15) is 0 Å². The van der Waals surface area contributed by atoms with Crippen LogP contribution in [0.5, 0.6) is 0 Å². The summed E-state index contributed by atoms with van der Waals surface area (Å²) in [4.78, 5) is 12.4. The van der Waals surface area contributed by atoms with Crippen molar-refractivity contribution in [3.8, 4) is 0 Å². The number of nitrogens with zero attached hydrogens (tertiary/aromatic N) is 1. The van der Waals surface area contributed by atoms with Crippen molar-refractivity contribution in [2.75, 3.05) is 14.1 Å². The molecule has 9 heavy (non-hydrogen) atoms. The van der Waals surface area contributed by atoms with Crippen LogP contribution in [-0.2, 0) is 4.79 Å². The molecule has 0 aromatic rings. The van der Waals surface area contributed by atoms with Gasteiger partial charge >= 0.3 is 0 Å². The Hall–Kier alpha value is -0.790. The van der Waals surface area contributed by atoms with Gasteiger partial charge in [-0.05, 0) is 6.92 Å². The molecule has 0 radical (unpaired) electrons. The second-order valence-electron chi connectivity index (χ2n) is 2.06. The predicted molar refractivity (Wildman–Crippen MR) is 38.1 cm³/mol. The maximum absolute atomic E-state index is 10.8. The third-order valence-corrected chi connectivity index (χ3v) is 1.03. The Labute approximate surface area is 56.2 Å². The molecule has 1 amide bonds. The van der Waals surface area contributed by atoms with E-state index in [-0.39, 0.29) is 5.91 Å². The fourth-order valence-corrected chi connectivity index (χ4v) is 0.401. The zero-order valence-electron chi connectivity index (χ0n) is 6.22. The molecule has 0 rings (SSSR count). The largest absolute Gasteiger partial charge is 0.349 e. The number of hydrogen-bond acceptors (Lipinski definition) is 1. The molecule has 0 aliphatic rings. The van der Waals surface area contributed by atoms with Gasteiger partial charge in [-0.3, -0.25) is 4.79 Å². The maximum Gasteiger partial charge on any atom is 0.225 e. The fraction of sp³-hybridized carbons (Fsp3) is 0.571. The highest BCUT2D eigenvalue weighted by Gasteiger charge is 1.97. The molecule has 0 spiro atoms. The molecule has 0 aliphatic carbocycles. The third-order valence-electron chi connectivity index (χ3n) is 1.03. The molecule has 0 saturated heterocycles. The van der Waals surface area contributed by atoms with Gasteiger partial charge in [0.05, 0.1) is 0 Å². The Bertz CT molecular complexity index is 116. The highest BCUT2D eigenvalue weighted by Crippen LogP contribution is 1.87. The Kier molecular flexibility index (Phi) is 3.76. The summed E-state index contributed by atoms with van der Waals surface area (Å²) < 4.78 is 0. The van der Waals surface area contributed by atoms with Crippen LogP contribution in [0, 0.1) is 0 Å². The molecule has 0 aromatic carbocycles. The van der Waals surface area contributed by atoms with Crippen LogP contribution in [0.4, 0.5) is 0 Å². The van der Waals surface area contributed by atoms with Crippen molar-refractivity contribution in [3.05, 3.63) is 12.2 Å². The van der Waals surface area contributed by atoms with E-state index in [0.29, 0.717) is 6.42 Å². The highest BCUT2D eigenvalue weighted by atomic mass is 16.2. The van der Waals surface area contributed by atoms with Crippen LogP contribution in [-0.4, -0.2) is 24.9 Å². The first kappa shape index (κ1) is 8.21. The maximum atomic E-state index is 10.8. The van der Waals surface area contributed by atoms with E-state index >= 15 is 0 Å². The second-order valence-corrected chi connectivity index (χ2v) is 2.06. The number of carbonyl (C=O) groups excluding carboxylic acids is 1. The molecular formula is C7H13NO. The van der Waals surface area contributed by atoms with Gasteiger partial charge in [-0.25, -0.2) is 0 Å². The summed E-state index contributed by atoms with van der Waals surface area (Å²) in [6.07, 6.45) is 4.24. The van der Waals surface area contributed by atoms with Gasteiger partial charge in [0, 0.05) is 20.5 Å². The van der Waals surface area contributed by atoms with Crippen LogP contribution < -0.4 is 0 Å². The standard InChI is InChI=1S/C7H13NO/c1-4-5-6-7(9)8(2)3/h4-5H,6H2,1-3H3. The average Bonchev–Trinajstić information content (AvgIpc) is 1.82. The van der Waals surface area contributed by atoms with E-state index in [2.05, 4.69) is 0 Å². The van der Waals surface area contributed by atoms with Crippen molar-refractivity contribution in [2.24, 2.45) is 0 Å². The average molecular weight is 127 g/mol. The van der Waals surface area contributed by atoms with Gasteiger partial charge in [0.1, 0.15) is 0 Å². The molecule has 2 heteroatoms. The zero-order valence-corrected chi connectivity index (χ0v) is 6.22. The van der Waals surface area contributed by atoms with Crippen LogP contribution in [0.3, 0.4) is 0 Å². The third kappa shape index (κ3) is 3.76. The molecule has 52 valence electrons. The van der Waals surface area contributed by atoms with Crippen LogP contribution in [0.1, 0.15) is 13.3 Å². The second kappa shape index (κ2) is 4.13. The van der Waals surface area contributed by atoms with Crippen LogP contribution in [0.25, 0.3) is 0 Å². The normalized spacial score (nSPS) is 10.1. The lowest BCUT2D eigenvalue weighted by Gasteiger charge is -2.06. The Morgan fingerprint density at radius 3 is 2.44 bits per heavy atom. The minimum absolute atomic E-state index is 0.146. The molecular weight excluding hydrogens is 114 g/mol. The first-order valence-electron chi connectivity index (χ1n) is 2.99. The minimum atomic E-state index is 0.146. The van der Waals surface area contributed by atoms with Crippen LogP contribution >= 0.6 is 0 Å². The van der Waals surface area contributed by atoms with Crippen molar-refractivity contribution in [3.63, 3.8) is 0 Å². The van der Waals surface area contributed by atoms with Crippen molar-refractivity contribution in [1.82, 2.24) is 4.90 Å². The molecule has 0 aliphatic heterocycles. The monoisotopic (exact) mass is 127 g/mol. The van der Waals surface area contributed by atoms with E-state index in [4.69, 9.17) is 0 Å². The Balaban J connectivity index is 3.51. The minimum Gasteiger partial charge on any atom is -0.349 e. The van der Waals surface area contributed by atoms with E-state index in [1.54, 1.807) is 19.0 Å². The van der Waals surface area contributed by atoms with Crippen molar-refractivity contribution in [2.45, 2.75) is 13.3 Å². The lowest BCUT2D eigenvalue weighted by Crippen LogP contribution is -2.20. The number of carbonyl (C=O) groups is 1. The number of hydrogen-bond donors (Lipinski definition) is 0. The van der Waals surface area contributed by atoms with E-state index in [9.17, 15) is 4.79 Å². The van der Waals surface area contributed by atoms with Gasteiger partial charge < -0.3 is 4.90 Å². The van der Waals surface area contributed by atoms with E-state index < -0.39 is 0 Å². The molecule has 0 saturated carbocycles. The lowest BCUT2D eigenvalue weighted by atomic mass is 10.3. The van der Waals surface area contributed by atoms with Gasteiger partial charge in [0.2, 0.25) is 5.91 Å². The first-order valence-corrected chi connectivity index (χ1v) is 2.99. The molecule has 0 bridgehead atoms. The van der Waals surface area contributed by atoms with Crippen molar-refractivity contribution < 1.29 is 4.79 Å². The van der Waals surface area contributed by atoms with Crippen molar-refractivity contribution in [1.29, 1.82) is 0 Å². The highest BCUT2D eigenvalue weighted by molar-refractivity contribution is 5.76. The SMILES string of the molecule is CC=CCC(=O)N(C)C. The summed E-state index contributed by atoms with van der Waals surface area (Å²) in [5.41, 5.74) is 0. The van der Waals surface area contributed by atoms with E-state index in [1.165, 1.54) is 0 Å². The van der Waals surface area contributed by atoms with Gasteiger partial charge in [-0.1, -0.05) is 12.2 Å². The predicted octanol–water partition coefficient (Wildman–Crippen LogP) is 1.04. The molecule has 2 nitrogen and oxygen atoms in total. The summed E-state index contributed by atoms with van der Waals surface area (Å²) in [5.74, 6) is 0.146. The molecule has 0 heterocycles. The summed E-state index contributed by atoms with van der Waals surface area (Å²) in [6, 6.07) is 0. The lowest BCUT2D eigenvalue weighted by molar-refractivity contribution is -0.127. The summed E-state index contributed by atoms with van der Waals surface area (Å²) in [5, 5.41) is 0. The Morgan fingerprint density at radius 1 is 1.56 bits per heavy atom. The van der Waals surface area contributed by atoms with Crippen LogP contribution in [0.2, 0.25) is 0 Å².